The predicted molar refractivity (Wildman–Crippen MR) is 124 cm³/mol. The molecule has 0 heterocycles. The normalized spacial score (nSPS) is 16.5. The Hall–Kier alpha value is -3.35. The molecule has 1 fully saturated rings. The first-order valence-electron chi connectivity index (χ1n) is 11.4. The second-order valence-electron chi connectivity index (χ2n) is 9.31. The molecule has 2 aromatic carbocycles. The molecule has 2 N–H and O–H groups in total. The number of benzene rings is 2. The molecule has 0 radical (unpaired) electrons. The van der Waals surface area contributed by atoms with Crippen LogP contribution in [0.3, 0.4) is 0 Å². The van der Waals surface area contributed by atoms with Crippen LogP contribution in [0.4, 0.5) is 4.79 Å². The molecule has 0 aliphatic heterocycles. The number of hydrogen-bond donors (Lipinski definition) is 2. The van der Waals surface area contributed by atoms with Gasteiger partial charge in [-0.25, -0.2) is 9.59 Å². The molecule has 7 heteroatoms. The molecule has 7 nitrogen and oxygen atoms in total. The molecule has 174 valence electrons. The minimum absolute atomic E-state index is 0.0212. The van der Waals surface area contributed by atoms with Gasteiger partial charge in [0.05, 0.1) is 0 Å². The lowest BCUT2D eigenvalue weighted by Gasteiger charge is -2.28. The number of nitrogens with zero attached hydrogens (tertiary/aromatic N) is 1. The third kappa shape index (κ3) is 4.32. The molecule has 33 heavy (non-hydrogen) atoms. The molecule has 0 unspecified atom stereocenters. The summed E-state index contributed by atoms with van der Waals surface area (Å²) in [6, 6.07) is 15.8. The van der Waals surface area contributed by atoms with Gasteiger partial charge in [-0.2, -0.15) is 0 Å². The number of likely N-dealkylation sites (N-methyl/N-ethyl adjacent to an activating group) is 1. The summed E-state index contributed by atoms with van der Waals surface area (Å²) in [5, 5.41) is 12.3. The first-order valence-corrected chi connectivity index (χ1v) is 11.4. The SMILES string of the molecule is CC(C)[C@H](CC(=O)N(C)C1(C(=O)O)CC1)NC(=O)OCC1c2ccccc2-c2ccccc21. The van der Waals surface area contributed by atoms with Gasteiger partial charge in [0.2, 0.25) is 5.91 Å². The van der Waals surface area contributed by atoms with Gasteiger partial charge in [-0.05, 0) is 41.0 Å². The maximum Gasteiger partial charge on any atom is 0.407 e. The maximum absolute atomic E-state index is 12.7. The molecule has 1 atom stereocenters. The fourth-order valence-corrected chi connectivity index (χ4v) is 4.62. The predicted octanol–water partition coefficient (Wildman–Crippen LogP) is 4.02. The summed E-state index contributed by atoms with van der Waals surface area (Å²) >= 11 is 0. The summed E-state index contributed by atoms with van der Waals surface area (Å²) in [6.07, 6.45) is 0.353. The summed E-state index contributed by atoms with van der Waals surface area (Å²) in [5.74, 6) is -1.35. The highest BCUT2D eigenvalue weighted by molar-refractivity contribution is 5.89. The van der Waals surface area contributed by atoms with Crippen molar-refractivity contribution in [1.29, 1.82) is 0 Å². The summed E-state index contributed by atoms with van der Waals surface area (Å²) < 4.78 is 5.61. The minimum Gasteiger partial charge on any atom is -0.479 e. The van der Waals surface area contributed by atoms with Gasteiger partial charge in [-0.1, -0.05) is 62.4 Å². The zero-order valence-electron chi connectivity index (χ0n) is 19.2. The average molecular weight is 451 g/mol. The monoisotopic (exact) mass is 450 g/mol. The molecule has 0 spiro atoms. The van der Waals surface area contributed by atoms with E-state index in [1.54, 1.807) is 0 Å². The van der Waals surface area contributed by atoms with Gasteiger partial charge < -0.3 is 20.1 Å². The van der Waals surface area contributed by atoms with Crippen LogP contribution in [0.25, 0.3) is 11.1 Å². The third-order valence-electron chi connectivity index (χ3n) is 6.98. The Labute approximate surface area is 193 Å². The van der Waals surface area contributed by atoms with Crippen LogP contribution in [0.2, 0.25) is 0 Å². The molecule has 2 aromatic rings. The highest BCUT2D eigenvalue weighted by Gasteiger charge is 2.55. The van der Waals surface area contributed by atoms with Crippen LogP contribution < -0.4 is 5.32 Å². The van der Waals surface area contributed by atoms with E-state index in [9.17, 15) is 19.5 Å². The smallest absolute Gasteiger partial charge is 0.407 e. The summed E-state index contributed by atoms with van der Waals surface area (Å²) in [5.41, 5.74) is 3.48. The third-order valence-corrected chi connectivity index (χ3v) is 6.98. The average Bonchev–Trinajstić information content (AvgIpc) is 3.55. The number of nitrogens with one attached hydrogen (secondary N) is 1. The van der Waals surface area contributed by atoms with E-state index in [1.165, 1.54) is 11.9 Å². The number of alkyl carbamates (subject to hydrolysis) is 1. The molecule has 2 aliphatic carbocycles. The lowest BCUT2D eigenvalue weighted by molar-refractivity contribution is -0.151. The molecular weight excluding hydrogens is 420 g/mol. The van der Waals surface area contributed by atoms with E-state index in [4.69, 9.17) is 4.74 Å². The molecule has 2 amide bonds. The number of aliphatic carboxylic acids is 1. The van der Waals surface area contributed by atoms with E-state index >= 15 is 0 Å². The van der Waals surface area contributed by atoms with Crippen molar-refractivity contribution < 1.29 is 24.2 Å². The van der Waals surface area contributed by atoms with E-state index in [0.29, 0.717) is 12.8 Å². The van der Waals surface area contributed by atoms with Crippen molar-refractivity contribution in [2.75, 3.05) is 13.7 Å². The first kappa shape index (κ1) is 22.8. The zero-order chi connectivity index (χ0) is 23.8. The Morgan fingerprint density at radius 3 is 2.09 bits per heavy atom. The topological polar surface area (TPSA) is 95.9 Å². The van der Waals surface area contributed by atoms with Gasteiger partial charge in [0.15, 0.2) is 0 Å². The Balaban J connectivity index is 1.38. The van der Waals surface area contributed by atoms with Crippen molar-refractivity contribution in [3.63, 3.8) is 0 Å². The van der Waals surface area contributed by atoms with E-state index in [1.807, 2.05) is 38.1 Å². The number of amides is 2. The summed E-state index contributed by atoms with van der Waals surface area (Å²) in [7, 11) is 1.52. The molecule has 0 aromatic heterocycles. The number of carbonyl (C=O) groups is 3. The quantitative estimate of drug-likeness (QED) is 0.633. The van der Waals surface area contributed by atoms with Crippen LogP contribution in [0, 0.1) is 5.92 Å². The number of hydrogen-bond acceptors (Lipinski definition) is 4. The number of fused-ring (bicyclic) bond motifs is 3. The van der Waals surface area contributed by atoms with Crippen LogP contribution in [-0.2, 0) is 14.3 Å². The van der Waals surface area contributed by atoms with Crippen LogP contribution in [-0.4, -0.2) is 53.2 Å². The lowest BCUT2D eigenvalue weighted by atomic mass is 9.98. The van der Waals surface area contributed by atoms with Crippen molar-refractivity contribution in [2.45, 2.75) is 50.6 Å². The van der Waals surface area contributed by atoms with E-state index in [2.05, 4.69) is 29.6 Å². The van der Waals surface area contributed by atoms with E-state index < -0.39 is 23.6 Å². The standard InChI is InChI=1S/C26H30N2O5/c1-16(2)22(14-23(29)28(3)26(12-13-26)24(30)31)27-25(32)33-15-21-19-10-6-4-8-17(19)18-9-5-7-11-20(18)21/h4-11,16,21-22H,12-15H2,1-3H3,(H,27,32)(H,30,31)/t22-/m0/s1. The van der Waals surface area contributed by atoms with Crippen molar-refractivity contribution in [3.05, 3.63) is 59.7 Å². The highest BCUT2D eigenvalue weighted by atomic mass is 16.5. The first-order chi connectivity index (χ1) is 15.7. The molecule has 0 saturated heterocycles. The minimum atomic E-state index is -1.09. The molecule has 0 bridgehead atoms. The molecule has 2 aliphatic rings. The second-order valence-corrected chi connectivity index (χ2v) is 9.31. The van der Waals surface area contributed by atoms with Gasteiger partial charge in [0, 0.05) is 25.4 Å². The van der Waals surface area contributed by atoms with Gasteiger partial charge in [0.25, 0.3) is 0 Å². The van der Waals surface area contributed by atoms with Crippen LogP contribution >= 0.6 is 0 Å². The molecule has 4 rings (SSSR count). The Kier molecular flexibility index (Phi) is 6.15. The van der Waals surface area contributed by atoms with Crippen LogP contribution in [0.5, 0.6) is 0 Å². The highest BCUT2D eigenvalue weighted by Crippen LogP contribution is 2.44. The van der Waals surface area contributed by atoms with Crippen molar-refractivity contribution in [1.82, 2.24) is 10.2 Å². The Morgan fingerprint density at radius 2 is 1.61 bits per heavy atom. The van der Waals surface area contributed by atoms with Crippen molar-refractivity contribution in [2.24, 2.45) is 5.92 Å². The summed E-state index contributed by atoms with van der Waals surface area (Å²) in [4.78, 5) is 38.2. The Bertz CT molecular complexity index is 1030. The number of carboxylic acids is 1. The van der Waals surface area contributed by atoms with Crippen LogP contribution in [0.15, 0.2) is 48.5 Å². The molecular formula is C26H30N2O5. The van der Waals surface area contributed by atoms with Crippen molar-refractivity contribution >= 4 is 18.0 Å². The fraction of sp³-hybridized carbons (Fsp3) is 0.423. The fourth-order valence-electron chi connectivity index (χ4n) is 4.62. The van der Waals surface area contributed by atoms with E-state index in [-0.39, 0.29) is 30.8 Å². The van der Waals surface area contributed by atoms with E-state index in [0.717, 1.165) is 22.3 Å². The van der Waals surface area contributed by atoms with Crippen molar-refractivity contribution in [3.8, 4) is 11.1 Å². The number of carbonyl (C=O) groups excluding carboxylic acids is 2. The number of carboxylic acid groups (broad SMARTS) is 1. The van der Waals surface area contributed by atoms with Gasteiger partial charge in [-0.3, -0.25) is 4.79 Å². The molecule has 1 saturated carbocycles. The number of rotatable bonds is 8. The lowest BCUT2D eigenvalue weighted by Crippen LogP contribution is -2.48. The largest absolute Gasteiger partial charge is 0.479 e. The second kappa shape index (κ2) is 8.89. The maximum atomic E-state index is 12.7. The number of ether oxygens (including phenoxy) is 1. The van der Waals surface area contributed by atoms with Gasteiger partial charge in [-0.15, -0.1) is 0 Å². The summed E-state index contributed by atoms with van der Waals surface area (Å²) in [6.45, 7) is 4.01. The van der Waals surface area contributed by atoms with Gasteiger partial charge >= 0.3 is 12.1 Å². The zero-order valence-corrected chi connectivity index (χ0v) is 19.2. The Morgan fingerprint density at radius 1 is 1.06 bits per heavy atom. The van der Waals surface area contributed by atoms with Crippen LogP contribution in [0.1, 0.15) is 50.2 Å². The van der Waals surface area contributed by atoms with Gasteiger partial charge in [0.1, 0.15) is 12.1 Å².